The highest BCUT2D eigenvalue weighted by atomic mass is 32.2. The first-order chi connectivity index (χ1) is 14.3. The zero-order chi connectivity index (χ0) is 21.7. The minimum atomic E-state index is -0.508. The normalized spacial score (nSPS) is 10.6. The number of benzene rings is 2. The molecule has 1 aromatic heterocycles. The van der Waals surface area contributed by atoms with E-state index in [1.807, 2.05) is 32.0 Å². The quantitative estimate of drug-likeness (QED) is 0.332. The molecule has 0 aliphatic carbocycles. The van der Waals surface area contributed by atoms with E-state index in [4.69, 9.17) is 4.74 Å². The fourth-order valence-corrected chi connectivity index (χ4v) is 3.30. The van der Waals surface area contributed by atoms with Crippen LogP contribution in [0.3, 0.4) is 0 Å². The minimum absolute atomic E-state index is 0.0813. The average Bonchev–Trinajstić information content (AvgIpc) is 3.07. The number of nitro groups is 1. The van der Waals surface area contributed by atoms with E-state index in [9.17, 15) is 14.9 Å². The lowest BCUT2D eigenvalue weighted by Crippen LogP contribution is -2.14. The second-order valence-corrected chi connectivity index (χ2v) is 7.58. The number of carbonyl (C=O) groups excluding carboxylic acids is 1. The summed E-state index contributed by atoms with van der Waals surface area (Å²) in [6.07, 6.45) is 0. The van der Waals surface area contributed by atoms with Crippen molar-refractivity contribution in [2.75, 3.05) is 11.1 Å². The van der Waals surface area contributed by atoms with E-state index < -0.39 is 4.92 Å². The van der Waals surface area contributed by atoms with Crippen molar-refractivity contribution in [2.45, 2.75) is 25.6 Å². The number of hydrogen-bond donors (Lipinski definition) is 1. The highest BCUT2D eigenvalue weighted by molar-refractivity contribution is 7.99. The fourth-order valence-electron chi connectivity index (χ4n) is 2.57. The Labute approximate surface area is 177 Å². The molecule has 156 valence electrons. The fraction of sp³-hybridized carbons (Fsp3) is 0.250. The number of carbonyl (C=O) groups is 1. The molecular formula is C20H21N5O4S. The molecule has 0 saturated heterocycles. The number of hydrogen-bond acceptors (Lipinski definition) is 7. The lowest BCUT2D eigenvalue weighted by atomic mass is 10.1. The Morgan fingerprint density at radius 3 is 2.73 bits per heavy atom. The van der Waals surface area contributed by atoms with E-state index in [1.54, 1.807) is 17.7 Å². The summed E-state index contributed by atoms with van der Waals surface area (Å²) in [5, 5.41) is 22.3. The van der Waals surface area contributed by atoms with Gasteiger partial charge in [0.1, 0.15) is 12.4 Å². The van der Waals surface area contributed by atoms with Crippen LogP contribution in [-0.4, -0.2) is 31.3 Å². The van der Waals surface area contributed by atoms with Crippen LogP contribution in [0.1, 0.15) is 17.0 Å². The molecule has 3 aromatic rings. The highest BCUT2D eigenvalue weighted by Gasteiger charge is 2.13. The summed E-state index contributed by atoms with van der Waals surface area (Å²) in [5.41, 5.74) is 2.64. The molecule has 0 spiro atoms. The van der Waals surface area contributed by atoms with Crippen LogP contribution in [0.5, 0.6) is 5.75 Å². The van der Waals surface area contributed by atoms with E-state index in [1.165, 1.54) is 35.5 Å². The minimum Gasteiger partial charge on any atom is -0.486 e. The van der Waals surface area contributed by atoms with Gasteiger partial charge in [0.2, 0.25) is 5.91 Å². The molecule has 0 radical (unpaired) electrons. The van der Waals surface area contributed by atoms with E-state index >= 15 is 0 Å². The molecule has 0 atom stereocenters. The monoisotopic (exact) mass is 427 g/mol. The molecule has 30 heavy (non-hydrogen) atoms. The summed E-state index contributed by atoms with van der Waals surface area (Å²) in [5.74, 6) is 1.19. The molecule has 1 amide bonds. The molecule has 0 fully saturated rings. The van der Waals surface area contributed by atoms with Crippen molar-refractivity contribution < 1.29 is 14.5 Å². The van der Waals surface area contributed by atoms with Crippen molar-refractivity contribution in [1.29, 1.82) is 0 Å². The van der Waals surface area contributed by atoms with Gasteiger partial charge >= 0.3 is 0 Å². The number of amides is 1. The third-order valence-corrected chi connectivity index (χ3v) is 5.46. The van der Waals surface area contributed by atoms with E-state index in [2.05, 4.69) is 15.5 Å². The molecule has 2 aromatic carbocycles. The Balaban J connectivity index is 1.54. The smallest absolute Gasteiger partial charge is 0.271 e. The van der Waals surface area contributed by atoms with Gasteiger partial charge in [-0.05, 0) is 43.2 Å². The largest absolute Gasteiger partial charge is 0.486 e. The molecule has 0 bridgehead atoms. The molecule has 0 saturated carbocycles. The van der Waals surface area contributed by atoms with Crippen LogP contribution in [0, 0.1) is 24.0 Å². The Morgan fingerprint density at radius 1 is 1.20 bits per heavy atom. The van der Waals surface area contributed by atoms with Crippen LogP contribution in [0.4, 0.5) is 11.4 Å². The van der Waals surface area contributed by atoms with Gasteiger partial charge < -0.3 is 14.6 Å². The third kappa shape index (κ3) is 5.35. The molecule has 9 nitrogen and oxygen atoms in total. The number of aromatic nitrogens is 3. The number of aryl methyl sites for hydroxylation is 2. The van der Waals surface area contributed by atoms with E-state index in [0.29, 0.717) is 16.7 Å². The average molecular weight is 427 g/mol. The highest BCUT2D eigenvalue weighted by Crippen LogP contribution is 2.21. The second-order valence-electron chi connectivity index (χ2n) is 6.64. The topological polar surface area (TPSA) is 112 Å². The SMILES string of the molecule is Cc1ccc(OCc2nnc(SCC(=O)Nc3cccc([N+](=O)[O-])c3)n2C)cc1C. The van der Waals surface area contributed by atoms with Crippen LogP contribution in [0.2, 0.25) is 0 Å². The number of anilines is 1. The van der Waals surface area contributed by atoms with Crippen molar-refractivity contribution in [1.82, 2.24) is 14.8 Å². The number of nitrogens with zero attached hydrogens (tertiary/aromatic N) is 4. The van der Waals surface area contributed by atoms with Crippen LogP contribution in [0.15, 0.2) is 47.6 Å². The maximum atomic E-state index is 12.2. The van der Waals surface area contributed by atoms with Gasteiger partial charge in [-0.2, -0.15) is 0 Å². The number of nitro benzene ring substituents is 1. The lowest BCUT2D eigenvalue weighted by molar-refractivity contribution is -0.384. The van der Waals surface area contributed by atoms with E-state index in [0.717, 1.165) is 11.3 Å². The predicted molar refractivity (Wildman–Crippen MR) is 114 cm³/mol. The summed E-state index contributed by atoms with van der Waals surface area (Å²) in [4.78, 5) is 22.5. The summed E-state index contributed by atoms with van der Waals surface area (Å²) in [7, 11) is 1.81. The molecule has 0 unspecified atom stereocenters. The maximum Gasteiger partial charge on any atom is 0.271 e. The van der Waals surface area contributed by atoms with Crippen LogP contribution < -0.4 is 10.1 Å². The second kappa shape index (κ2) is 9.40. The Bertz CT molecular complexity index is 1080. The first kappa shape index (κ1) is 21.3. The first-order valence-electron chi connectivity index (χ1n) is 9.09. The molecular weight excluding hydrogens is 406 g/mol. The molecule has 3 rings (SSSR count). The summed E-state index contributed by atoms with van der Waals surface area (Å²) < 4.78 is 7.56. The van der Waals surface area contributed by atoms with Gasteiger partial charge in [0.15, 0.2) is 11.0 Å². The van der Waals surface area contributed by atoms with Crippen molar-refractivity contribution in [3.8, 4) is 5.75 Å². The van der Waals surface area contributed by atoms with Gasteiger partial charge in [-0.25, -0.2) is 0 Å². The molecule has 0 aliphatic rings. The number of thioether (sulfide) groups is 1. The predicted octanol–water partition coefficient (Wildman–Crippen LogP) is 3.65. The number of rotatable bonds is 8. The molecule has 1 heterocycles. The lowest BCUT2D eigenvalue weighted by Gasteiger charge is -2.08. The summed E-state index contributed by atoms with van der Waals surface area (Å²) in [6.45, 7) is 4.32. The van der Waals surface area contributed by atoms with Crippen LogP contribution >= 0.6 is 11.8 Å². The maximum absolute atomic E-state index is 12.2. The van der Waals surface area contributed by atoms with Gasteiger partial charge in [0.25, 0.3) is 5.69 Å². The van der Waals surface area contributed by atoms with Crippen molar-refractivity contribution in [2.24, 2.45) is 7.05 Å². The first-order valence-corrected chi connectivity index (χ1v) is 10.1. The van der Waals surface area contributed by atoms with Crippen LogP contribution in [0.25, 0.3) is 0 Å². The van der Waals surface area contributed by atoms with Gasteiger partial charge in [-0.3, -0.25) is 14.9 Å². The van der Waals surface area contributed by atoms with Gasteiger partial charge in [-0.1, -0.05) is 23.9 Å². The van der Waals surface area contributed by atoms with Crippen molar-refractivity contribution in [3.05, 3.63) is 69.5 Å². The molecule has 0 aliphatic heterocycles. The van der Waals surface area contributed by atoms with Crippen LogP contribution in [-0.2, 0) is 18.4 Å². The zero-order valence-electron chi connectivity index (χ0n) is 16.8. The number of nitrogens with one attached hydrogen (secondary N) is 1. The third-order valence-electron chi connectivity index (χ3n) is 4.44. The molecule has 10 heteroatoms. The summed E-state index contributed by atoms with van der Waals surface area (Å²) in [6, 6.07) is 11.7. The van der Waals surface area contributed by atoms with Gasteiger partial charge in [-0.15, -0.1) is 10.2 Å². The Morgan fingerprint density at radius 2 is 2.00 bits per heavy atom. The standard InChI is InChI=1S/C20H21N5O4S/c1-13-7-8-17(9-14(13)2)29-11-18-22-23-20(24(18)3)30-12-19(26)21-15-5-4-6-16(10-15)25(27)28/h4-10H,11-12H2,1-3H3,(H,21,26). The number of ether oxygens (including phenoxy) is 1. The Hall–Kier alpha value is -3.40. The number of non-ortho nitro benzene ring substituents is 1. The summed E-state index contributed by atoms with van der Waals surface area (Å²) >= 11 is 1.22. The zero-order valence-corrected chi connectivity index (χ0v) is 17.6. The van der Waals surface area contributed by atoms with E-state index in [-0.39, 0.29) is 24.0 Å². The van der Waals surface area contributed by atoms with Crippen molar-refractivity contribution in [3.63, 3.8) is 0 Å². The van der Waals surface area contributed by atoms with Gasteiger partial charge in [0.05, 0.1) is 10.7 Å². The Kier molecular flexibility index (Phi) is 6.68. The van der Waals surface area contributed by atoms with Gasteiger partial charge in [0, 0.05) is 24.9 Å². The molecule has 1 N–H and O–H groups in total. The van der Waals surface area contributed by atoms with Crippen molar-refractivity contribution >= 4 is 29.0 Å².